The molecule has 2 aromatic rings. The number of hydrogen-bond acceptors (Lipinski definition) is 1. The average Bonchev–Trinajstić information content (AvgIpc) is 2.90. The Morgan fingerprint density at radius 2 is 2.00 bits per heavy atom. The van der Waals surface area contributed by atoms with E-state index in [4.69, 9.17) is 0 Å². The largest absolute Gasteiger partial charge is 0.358 e. The van der Waals surface area contributed by atoms with Crippen LogP contribution in [0.2, 0.25) is 0 Å². The summed E-state index contributed by atoms with van der Waals surface area (Å²) in [5.74, 6) is 2.22. The molecule has 1 aliphatic heterocycles. The lowest BCUT2D eigenvalue weighted by Gasteiger charge is -2.32. The van der Waals surface area contributed by atoms with Crippen LogP contribution in [0.3, 0.4) is 0 Å². The molecule has 4 rings (SSSR count). The minimum absolute atomic E-state index is 0.662. The topological polar surface area (TPSA) is 19.0 Å². The molecule has 2 heterocycles. The summed E-state index contributed by atoms with van der Waals surface area (Å²) in [7, 11) is 2.28. The quantitative estimate of drug-likeness (QED) is 0.759. The molecule has 2 heteroatoms. The Morgan fingerprint density at radius 3 is 2.84 bits per heavy atom. The van der Waals surface area contributed by atoms with Crippen LogP contribution in [0.5, 0.6) is 0 Å². The summed E-state index contributed by atoms with van der Waals surface area (Å²) in [6.45, 7) is 6.04. The summed E-state index contributed by atoms with van der Waals surface area (Å²) in [5.41, 5.74) is 4.45. The molecule has 1 N–H and O–H groups in total. The molecule has 1 fully saturated rings. The Balaban J connectivity index is 1.98. The summed E-state index contributed by atoms with van der Waals surface area (Å²) in [6.07, 6.45) is 1.33. The molecule has 0 bridgehead atoms. The van der Waals surface area contributed by atoms with Gasteiger partial charge in [0.1, 0.15) is 0 Å². The lowest BCUT2D eigenvalue weighted by atomic mass is 9.72. The second kappa shape index (κ2) is 3.86. The minimum Gasteiger partial charge on any atom is -0.358 e. The molecule has 0 radical (unpaired) electrons. The lowest BCUT2D eigenvalue weighted by molar-refractivity contribution is 0.317. The summed E-state index contributed by atoms with van der Waals surface area (Å²) >= 11 is 0. The zero-order valence-electron chi connectivity index (χ0n) is 12.0. The third kappa shape index (κ3) is 1.47. The van der Waals surface area contributed by atoms with Crippen LogP contribution in [0.15, 0.2) is 24.3 Å². The first kappa shape index (κ1) is 11.5. The zero-order chi connectivity index (χ0) is 13.1. The van der Waals surface area contributed by atoms with Crippen LogP contribution in [0, 0.1) is 5.92 Å². The van der Waals surface area contributed by atoms with Crippen molar-refractivity contribution in [2.45, 2.75) is 38.1 Å². The van der Waals surface area contributed by atoms with Gasteiger partial charge in [0.15, 0.2) is 0 Å². The molecule has 0 spiro atoms. The van der Waals surface area contributed by atoms with E-state index in [2.05, 4.69) is 55.0 Å². The first-order valence-corrected chi connectivity index (χ1v) is 7.47. The van der Waals surface area contributed by atoms with Crippen molar-refractivity contribution >= 4 is 10.9 Å². The van der Waals surface area contributed by atoms with E-state index in [-0.39, 0.29) is 0 Å². The van der Waals surface area contributed by atoms with Crippen LogP contribution >= 0.6 is 0 Å². The molecule has 0 amide bonds. The fraction of sp³-hybridized carbons (Fsp3) is 0.529. The number of likely N-dealkylation sites (N-methyl/N-ethyl adjacent to an activating group) is 1. The third-order valence-corrected chi connectivity index (χ3v) is 5.50. The van der Waals surface area contributed by atoms with Crippen molar-refractivity contribution < 1.29 is 0 Å². The second-order valence-corrected chi connectivity index (χ2v) is 6.60. The van der Waals surface area contributed by atoms with Gasteiger partial charge >= 0.3 is 0 Å². The number of aromatic amines is 1. The minimum atomic E-state index is 0.662. The molecule has 2 nitrogen and oxygen atoms in total. The zero-order valence-corrected chi connectivity index (χ0v) is 12.0. The number of hydrogen-bond donors (Lipinski definition) is 1. The molecule has 19 heavy (non-hydrogen) atoms. The van der Waals surface area contributed by atoms with Crippen molar-refractivity contribution in [3.05, 3.63) is 35.5 Å². The van der Waals surface area contributed by atoms with Gasteiger partial charge in [-0.25, -0.2) is 0 Å². The van der Waals surface area contributed by atoms with E-state index in [1.165, 1.54) is 29.6 Å². The van der Waals surface area contributed by atoms with Crippen molar-refractivity contribution in [3.8, 4) is 0 Å². The first-order chi connectivity index (χ1) is 9.16. The molecule has 1 saturated heterocycles. The van der Waals surface area contributed by atoms with Crippen molar-refractivity contribution in [1.29, 1.82) is 0 Å². The van der Waals surface area contributed by atoms with Gasteiger partial charge in [0.2, 0.25) is 0 Å². The van der Waals surface area contributed by atoms with Gasteiger partial charge in [0.25, 0.3) is 0 Å². The molecule has 4 atom stereocenters. The fourth-order valence-corrected chi connectivity index (χ4v) is 4.52. The van der Waals surface area contributed by atoms with Crippen LogP contribution in [0.25, 0.3) is 10.9 Å². The first-order valence-electron chi connectivity index (χ1n) is 7.47. The molecule has 1 aromatic carbocycles. The van der Waals surface area contributed by atoms with Crippen molar-refractivity contribution in [1.82, 2.24) is 9.88 Å². The average molecular weight is 254 g/mol. The van der Waals surface area contributed by atoms with Crippen LogP contribution < -0.4 is 0 Å². The molecule has 2 aliphatic rings. The van der Waals surface area contributed by atoms with Crippen molar-refractivity contribution in [2.75, 3.05) is 13.6 Å². The Labute approximate surface area is 114 Å². The number of aromatic nitrogens is 1. The molecule has 100 valence electrons. The van der Waals surface area contributed by atoms with Crippen LogP contribution in [-0.2, 0) is 0 Å². The van der Waals surface area contributed by atoms with Gasteiger partial charge < -0.3 is 9.88 Å². The number of rotatable bonds is 0. The smallest absolute Gasteiger partial charge is 0.0459 e. The normalized spacial score (nSPS) is 34.5. The van der Waals surface area contributed by atoms with Crippen LogP contribution in [-0.4, -0.2) is 29.5 Å². The Bertz CT molecular complexity index is 627. The summed E-state index contributed by atoms with van der Waals surface area (Å²) < 4.78 is 0. The van der Waals surface area contributed by atoms with E-state index in [1.54, 1.807) is 5.56 Å². The lowest BCUT2D eigenvalue weighted by Crippen LogP contribution is -2.26. The maximum Gasteiger partial charge on any atom is 0.0459 e. The van der Waals surface area contributed by atoms with Gasteiger partial charge in [-0.15, -0.1) is 0 Å². The van der Waals surface area contributed by atoms with E-state index < -0.39 is 0 Å². The van der Waals surface area contributed by atoms with Gasteiger partial charge in [-0.05, 0) is 43.9 Å². The number of nitrogens with zero attached hydrogens (tertiary/aromatic N) is 1. The molecule has 1 aromatic heterocycles. The van der Waals surface area contributed by atoms with E-state index in [1.807, 2.05) is 0 Å². The number of benzene rings is 1. The molecule has 1 aliphatic carbocycles. The highest BCUT2D eigenvalue weighted by Crippen LogP contribution is 2.50. The third-order valence-electron chi connectivity index (χ3n) is 5.50. The van der Waals surface area contributed by atoms with Gasteiger partial charge in [-0.1, -0.05) is 25.1 Å². The van der Waals surface area contributed by atoms with E-state index in [9.17, 15) is 0 Å². The van der Waals surface area contributed by atoms with Crippen molar-refractivity contribution in [3.63, 3.8) is 0 Å². The van der Waals surface area contributed by atoms with Crippen LogP contribution in [0.4, 0.5) is 0 Å². The number of likely N-dealkylation sites (tertiary alicyclic amines) is 1. The Hall–Kier alpha value is -1.28. The number of fused-ring (bicyclic) bond motifs is 5. The predicted octanol–water partition coefficient (Wildman–Crippen LogP) is 3.71. The van der Waals surface area contributed by atoms with E-state index in [0.717, 1.165) is 5.92 Å². The highest BCUT2D eigenvalue weighted by molar-refractivity contribution is 5.86. The van der Waals surface area contributed by atoms with E-state index >= 15 is 0 Å². The molecule has 0 saturated carbocycles. The summed E-state index contributed by atoms with van der Waals surface area (Å²) in [4.78, 5) is 6.24. The summed E-state index contributed by atoms with van der Waals surface area (Å²) in [5, 5.41) is 1.46. The summed E-state index contributed by atoms with van der Waals surface area (Å²) in [6, 6.07) is 9.49. The maximum absolute atomic E-state index is 3.70. The molecular formula is C17H22N2. The van der Waals surface area contributed by atoms with Gasteiger partial charge in [0, 0.05) is 35.1 Å². The predicted molar refractivity (Wildman–Crippen MR) is 79.7 cm³/mol. The van der Waals surface area contributed by atoms with E-state index in [0.29, 0.717) is 17.9 Å². The second-order valence-electron chi connectivity index (χ2n) is 6.60. The molecule has 4 unspecified atom stereocenters. The van der Waals surface area contributed by atoms with Gasteiger partial charge in [-0.3, -0.25) is 0 Å². The standard InChI is InChI=1S/C17H22N2/c1-10-8-12-9-19(3)11(2)15(12)16-13-6-4-5-7-14(13)18-17(10)16/h4-7,10-12,15,18H,8-9H2,1-3H3. The SMILES string of the molecule is CC1CC2CN(C)C(C)C2c2c1[nH]c1ccccc21. The van der Waals surface area contributed by atoms with Gasteiger partial charge in [0.05, 0.1) is 0 Å². The van der Waals surface area contributed by atoms with Gasteiger partial charge in [-0.2, -0.15) is 0 Å². The number of para-hydroxylation sites is 1. The number of H-pyrrole nitrogens is 1. The number of nitrogens with one attached hydrogen (secondary N) is 1. The monoisotopic (exact) mass is 254 g/mol. The highest BCUT2D eigenvalue weighted by atomic mass is 15.2. The Kier molecular flexibility index (Phi) is 2.34. The van der Waals surface area contributed by atoms with Crippen LogP contribution in [0.1, 0.15) is 43.4 Å². The Morgan fingerprint density at radius 1 is 1.21 bits per heavy atom. The fourth-order valence-electron chi connectivity index (χ4n) is 4.52. The highest BCUT2D eigenvalue weighted by Gasteiger charge is 2.44. The maximum atomic E-state index is 3.70. The molecular weight excluding hydrogens is 232 g/mol. The van der Waals surface area contributed by atoms with Crippen molar-refractivity contribution in [2.24, 2.45) is 5.92 Å².